The summed E-state index contributed by atoms with van der Waals surface area (Å²) >= 11 is 3.13. The van der Waals surface area contributed by atoms with Crippen LogP contribution in [-0.4, -0.2) is 23.3 Å². The first kappa shape index (κ1) is 9.91. The van der Waals surface area contributed by atoms with Crippen molar-refractivity contribution in [2.24, 2.45) is 0 Å². The van der Waals surface area contributed by atoms with E-state index in [1.165, 1.54) is 13.4 Å². The van der Waals surface area contributed by atoms with E-state index in [-0.39, 0.29) is 11.8 Å². The molecule has 0 radical (unpaired) electrons. The molecule has 0 fully saturated rings. The third-order valence-electron chi connectivity index (χ3n) is 1.60. The Morgan fingerprint density at radius 3 is 2.93 bits per heavy atom. The zero-order valence-corrected chi connectivity index (χ0v) is 9.15. The van der Waals surface area contributed by atoms with E-state index in [4.69, 9.17) is 8.83 Å². The molecule has 0 spiro atoms. The van der Waals surface area contributed by atoms with Gasteiger partial charge in [-0.25, -0.2) is 4.79 Å². The second-order valence-electron chi connectivity index (χ2n) is 2.54. The SMILES string of the molecule is COC(=O)c1nnc(-c2coc(Br)c2)o1. The molecule has 78 valence electrons. The molecular formula is C8H5BrN2O4. The van der Waals surface area contributed by atoms with Gasteiger partial charge in [0.15, 0.2) is 4.67 Å². The van der Waals surface area contributed by atoms with Crippen LogP contribution >= 0.6 is 15.9 Å². The lowest BCUT2D eigenvalue weighted by molar-refractivity contribution is 0.0556. The summed E-state index contributed by atoms with van der Waals surface area (Å²) < 4.78 is 15.0. The Labute approximate surface area is 92.4 Å². The topological polar surface area (TPSA) is 78.4 Å². The van der Waals surface area contributed by atoms with E-state index in [0.29, 0.717) is 10.2 Å². The summed E-state index contributed by atoms with van der Waals surface area (Å²) in [5.74, 6) is -0.661. The van der Waals surface area contributed by atoms with Crippen LogP contribution in [0.25, 0.3) is 11.5 Å². The molecule has 0 aliphatic rings. The molecule has 0 bridgehead atoms. The lowest BCUT2D eigenvalue weighted by Gasteiger charge is -1.88. The number of nitrogens with zero attached hydrogens (tertiary/aromatic N) is 2. The molecule has 0 amide bonds. The second kappa shape index (κ2) is 3.85. The van der Waals surface area contributed by atoms with Crippen LogP contribution in [0.2, 0.25) is 0 Å². The van der Waals surface area contributed by atoms with Gasteiger partial charge >= 0.3 is 11.9 Å². The van der Waals surface area contributed by atoms with Gasteiger partial charge in [-0.05, 0) is 15.9 Å². The van der Waals surface area contributed by atoms with Crippen LogP contribution in [0.1, 0.15) is 10.7 Å². The molecule has 0 aliphatic heterocycles. The van der Waals surface area contributed by atoms with E-state index >= 15 is 0 Å². The van der Waals surface area contributed by atoms with Crippen LogP contribution in [-0.2, 0) is 4.74 Å². The Kier molecular flexibility index (Phi) is 2.55. The number of methoxy groups -OCH3 is 1. The fourth-order valence-electron chi connectivity index (χ4n) is 0.932. The van der Waals surface area contributed by atoms with Crippen LogP contribution in [0.3, 0.4) is 0 Å². The Hall–Kier alpha value is -1.63. The average Bonchev–Trinajstić information content (AvgIpc) is 2.84. The highest BCUT2D eigenvalue weighted by atomic mass is 79.9. The maximum Gasteiger partial charge on any atom is 0.396 e. The smallest absolute Gasteiger partial charge is 0.396 e. The molecule has 0 atom stereocenters. The highest BCUT2D eigenvalue weighted by Gasteiger charge is 2.17. The second-order valence-corrected chi connectivity index (χ2v) is 3.33. The first-order valence-electron chi connectivity index (χ1n) is 3.87. The number of carbonyl (C=O) groups is 1. The van der Waals surface area contributed by atoms with Crippen LogP contribution in [0.15, 0.2) is 25.8 Å². The predicted octanol–water partition coefficient (Wildman–Crippen LogP) is 1.88. The molecule has 0 aromatic carbocycles. The van der Waals surface area contributed by atoms with Crippen molar-refractivity contribution in [2.75, 3.05) is 7.11 Å². The number of esters is 1. The number of carbonyl (C=O) groups excluding carboxylic acids is 1. The molecule has 0 aliphatic carbocycles. The normalized spacial score (nSPS) is 10.3. The summed E-state index contributed by atoms with van der Waals surface area (Å²) in [4.78, 5) is 11.0. The van der Waals surface area contributed by atoms with Gasteiger partial charge in [0.2, 0.25) is 0 Å². The molecule has 6 nitrogen and oxygen atoms in total. The number of halogens is 1. The lowest BCUT2D eigenvalue weighted by atomic mass is 10.3. The molecule has 2 aromatic heterocycles. The molecule has 2 rings (SSSR count). The molecule has 2 aromatic rings. The van der Waals surface area contributed by atoms with Crippen molar-refractivity contribution in [3.05, 3.63) is 22.9 Å². The standard InChI is InChI=1S/C8H5BrN2O4/c1-13-8(12)7-11-10-6(15-7)4-2-5(9)14-3-4/h2-3H,1H3. The molecular weight excluding hydrogens is 268 g/mol. The van der Waals surface area contributed by atoms with Crippen molar-refractivity contribution in [2.45, 2.75) is 0 Å². The minimum absolute atomic E-state index is 0.190. The van der Waals surface area contributed by atoms with Gasteiger partial charge in [0.1, 0.15) is 6.26 Å². The van der Waals surface area contributed by atoms with Crippen molar-refractivity contribution in [1.82, 2.24) is 10.2 Å². The summed E-state index contributed by atoms with van der Waals surface area (Å²) in [6, 6.07) is 1.65. The van der Waals surface area contributed by atoms with Crippen molar-refractivity contribution in [3.63, 3.8) is 0 Å². The third-order valence-corrected chi connectivity index (χ3v) is 2.02. The van der Waals surface area contributed by atoms with Crippen molar-refractivity contribution in [3.8, 4) is 11.5 Å². The van der Waals surface area contributed by atoms with E-state index in [2.05, 4.69) is 30.9 Å². The van der Waals surface area contributed by atoms with Gasteiger partial charge < -0.3 is 13.6 Å². The monoisotopic (exact) mass is 272 g/mol. The van der Waals surface area contributed by atoms with Crippen LogP contribution in [0.5, 0.6) is 0 Å². The Morgan fingerprint density at radius 2 is 2.33 bits per heavy atom. The number of rotatable bonds is 2. The average molecular weight is 273 g/mol. The van der Waals surface area contributed by atoms with Crippen LogP contribution < -0.4 is 0 Å². The highest BCUT2D eigenvalue weighted by Crippen LogP contribution is 2.23. The maximum absolute atomic E-state index is 11.0. The molecule has 0 saturated heterocycles. The summed E-state index contributed by atoms with van der Waals surface area (Å²) in [6.45, 7) is 0. The van der Waals surface area contributed by atoms with Gasteiger partial charge in [-0.3, -0.25) is 0 Å². The fraction of sp³-hybridized carbons (Fsp3) is 0.125. The van der Waals surface area contributed by atoms with Crippen molar-refractivity contribution < 1.29 is 18.4 Å². The van der Waals surface area contributed by atoms with Gasteiger partial charge in [0, 0.05) is 6.07 Å². The Morgan fingerprint density at radius 1 is 1.53 bits per heavy atom. The molecule has 0 unspecified atom stereocenters. The highest BCUT2D eigenvalue weighted by molar-refractivity contribution is 9.10. The maximum atomic E-state index is 11.0. The summed E-state index contributed by atoms with van der Waals surface area (Å²) in [6.07, 6.45) is 1.43. The molecule has 0 N–H and O–H groups in total. The zero-order chi connectivity index (χ0) is 10.8. The molecule has 2 heterocycles. The number of ether oxygens (including phenoxy) is 1. The van der Waals surface area contributed by atoms with E-state index in [9.17, 15) is 4.79 Å². The van der Waals surface area contributed by atoms with Crippen LogP contribution in [0.4, 0.5) is 0 Å². The summed E-state index contributed by atoms with van der Waals surface area (Å²) in [7, 11) is 1.24. The number of hydrogen-bond acceptors (Lipinski definition) is 6. The number of hydrogen-bond donors (Lipinski definition) is 0. The molecule has 15 heavy (non-hydrogen) atoms. The minimum atomic E-state index is -0.670. The number of furan rings is 1. The minimum Gasteiger partial charge on any atom is -0.462 e. The van der Waals surface area contributed by atoms with Gasteiger partial charge in [0.25, 0.3) is 5.89 Å². The Bertz CT molecular complexity index is 490. The first-order chi connectivity index (χ1) is 7.20. The number of aromatic nitrogens is 2. The lowest BCUT2D eigenvalue weighted by Crippen LogP contribution is -2.00. The third kappa shape index (κ3) is 1.91. The van der Waals surface area contributed by atoms with Crippen molar-refractivity contribution in [1.29, 1.82) is 0 Å². The Balaban J connectivity index is 2.31. The first-order valence-corrected chi connectivity index (χ1v) is 4.66. The largest absolute Gasteiger partial charge is 0.462 e. The van der Waals surface area contributed by atoms with Crippen molar-refractivity contribution >= 4 is 21.9 Å². The predicted molar refractivity (Wildman–Crippen MR) is 51.0 cm³/mol. The van der Waals surface area contributed by atoms with Gasteiger partial charge in [-0.15, -0.1) is 10.2 Å². The van der Waals surface area contributed by atoms with Gasteiger partial charge in [0.05, 0.1) is 12.7 Å². The van der Waals surface area contributed by atoms with E-state index < -0.39 is 5.97 Å². The molecule has 7 heteroatoms. The van der Waals surface area contributed by atoms with Crippen LogP contribution in [0, 0.1) is 0 Å². The van der Waals surface area contributed by atoms with Gasteiger partial charge in [-0.1, -0.05) is 0 Å². The quantitative estimate of drug-likeness (QED) is 0.777. The zero-order valence-electron chi connectivity index (χ0n) is 7.56. The van der Waals surface area contributed by atoms with E-state index in [1.807, 2.05) is 0 Å². The summed E-state index contributed by atoms with van der Waals surface area (Å²) in [5.41, 5.74) is 0.588. The van der Waals surface area contributed by atoms with E-state index in [0.717, 1.165) is 0 Å². The summed E-state index contributed by atoms with van der Waals surface area (Å²) in [5, 5.41) is 7.19. The molecule has 0 saturated carbocycles. The fourth-order valence-corrected chi connectivity index (χ4v) is 1.27. The van der Waals surface area contributed by atoms with Gasteiger partial charge in [-0.2, -0.15) is 0 Å². The van der Waals surface area contributed by atoms with E-state index in [1.54, 1.807) is 6.07 Å².